The van der Waals surface area contributed by atoms with Gasteiger partial charge in [0.25, 0.3) is 11.8 Å². The van der Waals surface area contributed by atoms with E-state index >= 15 is 0 Å². The van der Waals surface area contributed by atoms with Gasteiger partial charge in [-0.25, -0.2) is 9.86 Å². The van der Waals surface area contributed by atoms with Crippen LogP contribution in [0.2, 0.25) is 0 Å². The number of hydrogen-bond acceptors (Lipinski definition) is 5. The van der Waals surface area contributed by atoms with E-state index in [9.17, 15) is 19.6 Å². The number of hydroxylamine groups is 2. The maximum atomic E-state index is 12.0. The molecule has 2 aliphatic heterocycles. The van der Waals surface area contributed by atoms with Gasteiger partial charge in [0, 0.05) is 6.54 Å². The van der Waals surface area contributed by atoms with Gasteiger partial charge in [0.15, 0.2) is 0 Å². The predicted molar refractivity (Wildman–Crippen MR) is 67.4 cm³/mol. The van der Waals surface area contributed by atoms with Crippen LogP contribution in [0.15, 0.2) is 0 Å². The van der Waals surface area contributed by atoms with Crippen LogP contribution in [0.25, 0.3) is 0 Å². The number of hydrazine groups is 1. The van der Waals surface area contributed by atoms with E-state index in [-0.39, 0.29) is 18.5 Å². The maximum absolute atomic E-state index is 12.0. The Morgan fingerprint density at radius 3 is 2.70 bits per heavy atom. The molecule has 0 spiro atoms. The molecule has 0 aromatic heterocycles. The zero-order valence-corrected chi connectivity index (χ0v) is 11.5. The number of hydrogen-bond donors (Lipinski definition) is 3. The summed E-state index contributed by atoms with van der Waals surface area (Å²) in [5.74, 6) is -0.784. The summed E-state index contributed by atoms with van der Waals surface area (Å²) in [4.78, 5) is 38.1. The van der Waals surface area contributed by atoms with E-state index in [0.29, 0.717) is 24.4 Å². The standard InChI is InChI=1S/C11H19N5O4/c1-14(2)6-9(17)12-13-10(18)8-4-3-7-5-15(8)11(19)16(7)20/h7-8,20H,3-6H2,1-2H3,(H,12,17)(H,13,18)/t7-,8-/m0/s1. The van der Waals surface area contributed by atoms with Crippen LogP contribution in [-0.4, -0.2) is 77.2 Å². The van der Waals surface area contributed by atoms with Crippen LogP contribution < -0.4 is 10.9 Å². The maximum Gasteiger partial charge on any atom is 0.344 e. The number of urea groups is 1. The second-order valence-electron chi connectivity index (χ2n) is 5.30. The summed E-state index contributed by atoms with van der Waals surface area (Å²) >= 11 is 0. The number of nitrogens with zero attached hydrogens (tertiary/aromatic N) is 3. The minimum absolute atomic E-state index is 0.153. The minimum Gasteiger partial charge on any atom is -0.309 e. The van der Waals surface area contributed by atoms with Gasteiger partial charge < -0.3 is 9.80 Å². The molecule has 2 fully saturated rings. The van der Waals surface area contributed by atoms with Gasteiger partial charge >= 0.3 is 6.03 Å². The van der Waals surface area contributed by atoms with Crippen LogP contribution in [0.1, 0.15) is 12.8 Å². The molecular formula is C11H19N5O4. The fourth-order valence-electron chi connectivity index (χ4n) is 2.46. The van der Waals surface area contributed by atoms with Crippen LogP contribution in [0, 0.1) is 0 Å². The number of fused-ring (bicyclic) bond motifs is 2. The van der Waals surface area contributed by atoms with Crippen LogP contribution >= 0.6 is 0 Å². The molecule has 2 heterocycles. The van der Waals surface area contributed by atoms with Crippen molar-refractivity contribution in [2.75, 3.05) is 27.2 Å². The van der Waals surface area contributed by atoms with E-state index < -0.39 is 18.0 Å². The largest absolute Gasteiger partial charge is 0.344 e. The Morgan fingerprint density at radius 2 is 2.05 bits per heavy atom. The van der Waals surface area contributed by atoms with E-state index in [1.807, 2.05) is 0 Å². The van der Waals surface area contributed by atoms with E-state index in [1.165, 1.54) is 4.90 Å². The summed E-state index contributed by atoms with van der Waals surface area (Å²) in [6.07, 6.45) is 1.02. The van der Waals surface area contributed by atoms with Crippen molar-refractivity contribution >= 4 is 17.8 Å². The van der Waals surface area contributed by atoms with Gasteiger partial charge in [-0.3, -0.25) is 25.6 Å². The molecule has 4 amide bonds. The smallest absolute Gasteiger partial charge is 0.309 e. The molecule has 0 aromatic carbocycles. The first-order valence-corrected chi connectivity index (χ1v) is 6.42. The number of likely N-dealkylation sites (N-methyl/N-ethyl adjacent to an activating group) is 1. The molecule has 0 saturated carbocycles. The second-order valence-corrected chi connectivity index (χ2v) is 5.30. The fraction of sp³-hybridized carbons (Fsp3) is 0.727. The lowest BCUT2D eigenvalue weighted by Crippen LogP contribution is -2.55. The van der Waals surface area contributed by atoms with Crippen LogP contribution in [0.3, 0.4) is 0 Å². The Kier molecular flexibility index (Phi) is 4.09. The molecule has 2 atom stereocenters. The first kappa shape index (κ1) is 14.5. The van der Waals surface area contributed by atoms with Gasteiger partial charge in [-0.05, 0) is 26.9 Å². The third-order valence-corrected chi connectivity index (χ3v) is 3.43. The van der Waals surface area contributed by atoms with Gasteiger partial charge in [-0.1, -0.05) is 0 Å². The van der Waals surface area contributed by atoms with Gasteiger partial charge in [0.05, 0.1) is 12.6 Å². The second kappa shape index (κ2) is 5.63. The quantitative estimate of drug-likeness (QED) is 0.426. The lowest BCUT2D eigenvalue weighted by molar-refractivity contribution is -0.132. The third-order valence-electron chi connectivity index (χ3n) is 3.43. The molecule has 2 bridgehead atoms. The molecule has 0 radical (unpaired) electrons. The van der Waals surface area contributed by atoms with Crippen LogP contribution in [0.4, 0.5) is 4.79 Å². The lowest BCUT2D eigenvalue weighted by Gasteiger charge is -2.29. The van der Waals surface area contributed by atoms with Crippen molar-refractivity contribution in [2.45, 2.75) is 24.9 Å². The third kappa shape index (κ3) is 2.83. The zero-order valence-electron chi connectivity index (χ0n) is 11.5. The van der Waals surface area contributed by atoms with Gasteiger partial charge in [-0.2, -0.15) is 0 Å². The van der Waals surface area contributed by atoms with Crippen molar-refractivity contribution in [3.8, 4) is 0 Å². The van der Waals surface area contributed by atoms with Crippen molar-refractivity contribution < 1.29 is 19.6 Å². The molecule has 2 aliphatic rings. The molecule has 9 nitrogen and oxygen atoms in total. The summed E-state index contributed by atoms with van der Waals surface area (Å²) in [6.45, 7) is 0.485. The highest BCUT2D eigenvalue weighted by molar-refractivity contribution is 5.90. The summed E-state index contributed by atoms with van der Waals surface area (Å²) in [7, 11) is 3.48. The van der Waals surface area contributed by atoms with Crippen molar-refractivity contribution in [3.63, 3.8) is 0 Å². The average Bonchev–Trinajstić information content (AvgIpc) is 2.61. The Hall–Kier alpha value is -1.87. The topological polar surface area (TPSA) is 105 Å². The highest BCUT2D eigenvalue weighted by Crippen LogP contribution is 2.28. The molecule has 112 valence electrons. The Morgan fingerprint density at radius 1 is 1.35 bits per heavy atom. The molecule has 0 aliphatic carbocycles. The Bertz CT molecular complexity index is 427. The first-order valence-electron chi connectivity index (χ1n) is 6.42. The molecule has 2 rings (SSSR count). The summed E-state index contributed by atoms with van der Waals surface area (Å²) in [6, 6.07) is -1.46. The number of nitrogens with one attached hydrogen (secondary N) is 2. The highest BCUT2D eigenvalue weighted by Gasteiger charge is 2.46. The molecule has 2 saturated heterocycles. The lowest BCUT2D eigenvalue weighted by atomic mass is 10.0. The Balaban J connectivity index is 1.87. The normalized spacial score (nSPS) is 25.1. The summed E-state index contributed by atoms with van der Waals surface area (Å²) < 4.78 is 0. The fourth-order valence-corrected chi connectivity index (χ4v) is 2.46. The van der Waals surface area contributed by atoms with Crippen molar-refractivity contribution in [3.05, 3.63) is 0 Å². The Labute approximate surface area is 116 Å². The molecular weight excluding hydrogens is 266 g/mol. The SMILES string of the molecule is CN(C)CC(=O)NNC(=O)[C@@H]1CC[C@H]2CN1C(=O)N2O. The van der Waals surface area contributed by atoms with Gasteiger partial charge in [0.1, 0.15) is 6.04 Å². The molecule has 0 aromatic rings. The number of rotatable bonds is 3. The molecule has 3 N–H and O–H groups in total. The van der Waals surface area contributed by atoms with Crippen LogP contribution in [0.5, 0.6) is 0 Å². The zero-order chi connectivity index (χ0) is 14.9. The first-order chi connectivity index (χ1) is 9.40. The average molecular weight is 285 g/mol. The summed E-state index contributed by atoms with van der Waals surface area (Å²) in [5.41, 5.74) is 4.62. The highest BCUT2D eigenvalue weighted by atomic mass is 16.5. The van der Waals surface area contributed by atoms with E-state index in [0.717, 1.165) is 0 Å². The van der Waals surface area contributed by atoms with Crippen molar-refractivity contribution in [1.29, 1.82) is 0 Å². The van der Waals surface area contributed by atoms with Crippen molar-refractivity contribution in [1.82, 2.24) is 25.7 Å². The summed E-state index contributed by atoms with van der Waals surface area (Å²) in [5, 5.41) is 10.2. The molecule has 9 heteroatoms. The number of amides is 4. The van der Waals surface area contributed by atoms with E-state index in [4.69, 9.17) is 0 Å². The minimum atomic E-state index is -0.657. The van der Waals surface area contributed by atoms with Gasteiger partial charge in [0.2, 0.25) is 0 Å². The van der Waals surface area contributed by atoms with Gasteiger partial charge in [-0.15, -0.1) is 0 Å². The predicted octanol–water partition coefficient (Wildman–Crippen LogP) is -1.65. The number of piperidine rings is 1. The number of carbonyl (C=O) groups is 3. The molecule has 20 heavy (non-hydrogen) atoms. The monoisotopic (exact) mass is 285 g/mol. The van der Waals surface area contributed by atoms with E-state index in [1.54, 1.807) is 19.0 Å². The number of carbonyl (C=O) groups excluding carboxylic acids is 3. The van der Waals surface area contributed by atoms with E-state index in [2.05, 4.69) is 10.9 Å². The van der Waals surface area contributed by atoms with Crippen molar-refractivity contribution in [2.24, 2.45) is 0 Å². The molecule has 0 unspecified atom stereocenters. The van der Waals surface area contributed by atoms with Crippen LogP contribution in [-0.2, 0) is 9.59 Å².